The number of aromatic nitrogens is 2. The molecule has 33 heavy (non-hydrogen) atoms. The fraction of sp³-hybridized carbons (Fsp3) is 0.478. The number of piperidine rings is 1. The van der Waals surface area contributed by atoms with Crippen molar-refractivity contribution in [2.75, 3.05) is 56.0 Å². The van der Waals surface area contributed by atoms with Crippen LogP contribution in [0.1, 0.15) is 30.1 Å². The van der Waals surface area contributed by atoms with E-state index in [1.165, 1.54) is 6.20 Å². The summed E-state index contributed by atoms with van der Waals surface area (Å²) in [6.45, 7) is 7.35. The van der Waals surface area contributed by atoms with E-state index >= 15 is 0 Å². The van der Waals surface area contributed by atoms with Crippen molar-refractivity contribution in [2.45, 2.75) is 19.8 Å². The molecule has 0 aliphatic carbocycles. The number of primary amides is 1. The third kappa shape index (κ3) is 5.89. The SMILES string of the molecule is CC(=O)N1CCN(c2ccc(Oc3ncc(C(N)=O)c(NCC4CCNCC4)n3)cc2)CC1. The van der Waals surface area contributed by atoms with Gasteiger partial charge in [-0.25, -0.2) is 4.98 Å². The molecule has 4 N–H and O–H groups in total. The summed E-state index contributed by atoms with van der Waals surface area (Å²) in [5.41, 5.74) is 6.82. The molecule has 2 fully saturated rings. The van der Waals surface area contributed by atoms with Gasteiger partial charge in [-0.05, 0) is 56.1 Å². The van der Waals surface area contributed by atoms with Crippen LogP contribution in [0.15, 0.2) is 30.5 Å². The maximum Gasteiger partial charge on any atom is 0.323 e. The van der Waals surface area contributed by atoms with E-state index in [1.54, 1.807) is 6.92 Å². The fourth-order valence-electron chi connectivity index (χ4n) is 4.17. The second-order valence-corrected chi connectivity index (χ2v) is 8.44. The first-order valence-electron chi connectivity index (χ1n) is 11.4. The summed E-state index contributed by atoms with van der Waals surface area (Å²) in [6, 6.07) is 7.83. The number of hydrogen-bond donors (Lipinski definition) is 3. The van der Waals surface area contributed by atoms with Crippen molar-refractivity contribution < 1.29 is 14.3 Å². The molecule has 10 heteroatoms. The zero-order chi connectivity index (χ0) is 23.2. The fourth-order valence-corrected chi connectivity index (χ4v) is 4.17. The molecule has 2 aliphatic rings. The molecule has 0 radical (unpaired) electrons. The highest BCUT2D eigenvalue weighted by molar-refractivity contribution is 5.97. The Morgan fingerprint density at radius 1 is 1.15 bits per heavy atom. The molecule has 1 aromatic carbocycles. The molecule has 0 bridgehead atoms. The van der Waals surface area contributed by atoms with Crippen LogP contribution < -0.4 is 26.0 Å². The van der Waals surface area contributed by atoms with Gasteiger partial charge in [0.15, 0.2) is 0 Å². The average molecular weight is 454 g/mol. The number of nitrogens with zero attached hydrogens (tertiary/aromatic N) is 4. The Morgan fingerprint density at radius 2 is 1.85 bits per heavy atom. The van der Waals surface area contributed by atoms with Crippen molar-refractivity contribution >= 4 is 23.3 Å². The Kier molecular flexibility index (Phi) is 7.23. The van der Waals surface area contributed by atoms with Gasteiger partial charge in [-0.2, -0.15) is 4.98 Å². The highest BCUT2D eigenvalue weighted by Gasteiger charge is 2.19. The molecule has 176 valence electrons. The molecule has 0 atom stereocenters. The number of amides is 2. The van der Waals surface area contributed by atoms with E-state index in [1.807, 2.05) is 29.2 Å². The molecule has 3 heterocycles. The van der Waals surface area contributed by atoms with Gasteiger partial charge < -0.3 is 30.9 Å². The number of nitrogens with one attached hydrogen (secondary N) is 2. The minimum atomic E-state index is -0.580. The van der Waals surface area contributed by atoms with Crippen LogP contribution in [0.2, 0.25) is 0 Å². The second-order valence-electron chi connectivity index (χ2n) is 8.44. The predicted molar refractivity (Wildman–Crippen MR) is 126 cm³/mol. The lowest BCUT2D eigenvalue weighted by Gasteiger charge is -2.35. The molecule has 1 aromatic heterocycles. The van der Waals surface area contributed by atoms with Gasteiger partial charge in [-0.15, -0.1) is 0 Å². The molecule has 2 amide bonds. The van der Waals surface area contributed by atoms with Crippen molar-refractivity contribution in [3.8, 4) is 11.8 Å². The van der Waals surface area contributed by atoms with Crippen molar-refractivity contribution in [2.24, 2.45) is 11.7 Å². The van der Waals surface area contributed by atoms with Crippen LogP contribution in [0.4, 0.5) is 11.5 Å². The quantitative estimate of drug-likeness (QED) is 0.575. The van der Waals surface area contributed by atoms with Crippen LogP contribution in [0.5, 0.6) is 11.8 Å². The van der Waals surface area contributed by atoms with E-state index in [9.17, 15) is 9.59 Å². The van der Waals surface area contributed by atoms with Crippen LogP contribution in [0.3, 0.4) is 0 Å². The first-order valence-corrected chi connectivity index (χ1v) is 11.4. The summed E-state index contributed by atoms with van der Waals surface area (Å²) in [4.78, 5) is 36.0. The highest BCUT2D eigenvalue weighted by atomic mass is 16.5. The topological polar surface area (TPSA) is 126 Å². The molecule has 4 rings (SSSR count). The van der Waals surface area contributed by atoms with Crippen LogP contribution in [0.25, 0.3) is 0 Å². The largest absolute Gasteiger partial charge is 0.424 e. The lowest BCUT2D eigenvalue weighted by molar-refractivity contribution is -0.129. The maximum absolute atomic E-state index is 11.8. The van der Waals surface area contributed by atoms with E-state index in [0.29, 0.717) is 24.0 Å². The monoisotopic (exact) mass is 453 g/mol. The Balaban J connectivity index is 1.39. The van der Waals surface area contributed by atoms with Crippen molar-refractivity contribution in [1.82, 2.24) is 20.2 Å². The van der Waals surface area contributed by atoms with E-state index in [2.05, 4.69) is 25.5 Å². The van der Waals surface area contributed by atoms with Gasteiger partial charge in [0, 0.05) is 51.5 Å². The molecule has 0 unspecified atom stereocenters. The van der Waals surface area contributed by atoms with Crippen LogP contribution >= 0.6 is 0 Å². The highest BCUT2D eigenvalue weighted by Crippen LogP contribution is 2.25. The molecular formula is C23H31N7O3. The molecule has 10 nitrogen and oxygen atoms in total. The summed E-state index contributed by atoms with van der Waals surface area (Å²) in [7, 11) is 0. The molecule has 2 aromatic rings. The Morgan fingerprint density at radius 3 is 2.48 bits per heavy atom. The lowest BCUT2D eigenvalue weighted by atomic mass is 9.98. The van der Waals surface area contributed by atoms with Gasteiger partial charge in [0.05, 0.1) is 0 Å². The average Bonchev–Trinajstić information content (AvgIpc) is 2.84. The number of benzene rings is 1. The van der Waals surface area contributed by atoms with Gasteiger partial charge in [0.2, 0.25) is 5.91 Å². The summed E-state index contributed by atoms with van der Waals surface area (Å²) in [5, 5.41) is 6.60. The van der Waals surface area contributed by atoms with Gasteiger partial charge in [-0.3, -0.25) is 9.59 Å². The second kappa shape index (κ2) is 10.5. The first-order chi connectivity index (χ1) is 16.0. The van der Waals surface area contributed by atoms with Crippen LogP contribution in [-0.2, 0) is 4.79 Å². The Hall–Kier alpha value is -3.40. The van der Waals surface area contributed by atoms with Gasteiger partial charge >= 0.3 is 6.01 Å². The summed E-state index contributed by atoms with van der Waals surface area (Å²) in [5.74, 6) is 1.04. The number of nitrogens with two attached hydrogens (primary N) is 1. The maximum atomic E-state index is 11.8. The number of piperazine rings is 1. The van der Waals surface area contributed by atoms with Crippen LogP contribution in [-0.4, -0.2) is 72.5 Å². The van der Waals surface area contributed by atoms with E-state index < -0.39 is 5.91 Å². The van der Waals surface area contributed by atoms with E-state index in [-0.39, 0.29) is 17.5 Å². The molecule has 2 saturated heterocycles. The zero-order valence-electron chi connectivity index (χ0n) is 18.9. The smallest absolute Gasteiger partial charge is 0.323 e. The minimum absolute atomic E-state index is 0.116. The molecule has 2 aliphatic heterocycles. The number of hydrogen-bond acceptors (Lipinski definition) is 8. The van der Waals surface area contributed by atoms with E-state index in [0.717, 1.165) is 57.8 Å². The number of carbonyl (C=O) groups excluding carboxylic acids is 2. The van der Waals surface area contributed by atoms with Crippen molar-refractivity contribution in [1.29, 1.82) is 0 Å². The zero-order valence-corrected chi connectivity index (χ0v) is 18.9. The Labute approximate surface area is 193 Å². The van der Waals surface area contributed by atoms with E-state index in [4.69, 9.17) is 10.5 Å². The molecule has 0 spiro atoms. The van der Waals surface area contributed by atoms with Crippen LogP contribution in [0, 0.1) is 5.92 Å². The summed E-state index contributed by atoms with van der Waals surface area (Å²) >= 11 is 0. The standard InChI is InChI=1S/C23H31N7O3/c1-16(31)29-10-12-30(13-11-29)18-2-4-19(5-3-18)33-23-27-15-20(21(24)32)22(28-23)26-14-17-6-8-25-9-7-17/h2-5,15,17,25H,6-14H2,1H3,(H2,24,32)(H,26,27,28). The summed E-state index contributed by atoms with van der Waals surface area (Å²) < 4.78 is 5.84. The lowest BCUT2D eigenvalue weighted by Crippen LogP contribution is -2.48. The summed E-state index contributed by atoms with van der Waals surface area (Å²) in [6.07, 6.45) is 3.55. The predicted octanol–water partition coefficient (Wildman–Crippen LogP) is 1.45. The molecular weight excluding hydrogens is 422 g/mol. The third-order valence-electron chi connectivity index (χ3n) is 6.19. The van der Waals surface area contributed by atoms with Gasteiger partial charge in [0.1, 0.15) is 17.1 Å². The van der Waals surface area contributed by atoms with Crippen molar-refractivity contribution in [3.63, 3.8) is 0 Å². The van der Waals surface area contributed by atoms with Gasteiger partial charge in [-0.1, -0.05) is 0 Å². The van der Waals surface area contributed by atoms with Crippen molar-refractivity contribution in [3.05, 3.63) is 36.0 Å². The normalized spacial score (nSPS) is 17.0. The Bertz CT molecular complexity index is 969. The molecule has 0 saturated carbocycles. The minimum Gasteiger partial charge on any atom is -0.424 e. The first kappa shape index (κ1) is 22.8. The number of ether oxygens (including phenoxy) is 1. The number of anilines is 2. The number of rotatable bonds is 7. The number of carbonyl (C=O) groups is 2. The van der Waals surface area contributed by atoms with Gasteiger partial charge in [0.25, 0.3) is 5.91 Å². The third-order valence-corrected chi connectivity index (χ3v) is 6.19.